The summed E-state index contributed by atoms with van der Waals surface area (Å²) in [5.41, 5.74) is 0.948. The van der Waals surface area contributed by atoms with Crippen molar-refractivity contribution in [3.63, 3.8) is 0 Å². The number of aromatic hydroxyl groups is 2. The zero-order chi connectivity index (χ0) is 9.14. The third-order valence-corrected chi connectivity index (χ3v) is 1.54. The first-order valence-electron chi connectivity index (χ1n) is 3.51. The van der Waals surface area contributed by atoms with Crippen molar-refractivity contribution < 1.29 is 15.3 Å². The number of rotatable bonds is 2. The van der Waals surface area contributed by atoms with Crippen molar-refractivity contribution >= 4 is 29.6 Å². The van der Waals surface area contributed by atoms with Gasteiger partial charge in [0.15, 0.2) is 0 Å². The molecule has 0 spiro atoms. The topological polar surface area (TPSA) is 86.5 Å². The molecule has 0 aliphatic heterocycles. The van der Waals surface area contributed by atoms with Gasteiger partial charge in [-0.15, -0.1) is 0 Å². The van der Waals surface area contributed by atoms with Gasteiger partial charge in [0, 0.05) is 18.6 Å². The van der Waals surface area contributed by atoms with Crippen LogP contribution in [0.2, 0.25) is 0 Å². The van der Waals surface area contributed by atoms with Crippen LogP contribution in [0.1, 0.15) is 11.3 Å². The fourth-order valence-corrected chi connectivity index (χ4v) is 0.971. The summed E-state index contributed by atoms with van der Waals surface area (Å²) in [7, 11) is 0. The quantitative estimate of drug-likeness (QED) is 0.530. The standard InChI is InChI=1S/C7H10N2O3.Na.H/c1-4-5(2-3-10)6(11)9-7(12)8-4;;/h10H,2-3H2,1H3,(H2,8,9,11,12);;. The molecule has 1 aromatic rings. The van der Waals surface area contributed by atoms with E-state index in [2.05, 4.69) is 9.97 Å². The molecule has 0 saturated carbocycles. The Kier molecular flexibility index (Phi) is 5.24. The van der Waals surface area contributed by atoms with Crippen LogP contribution in [0.3, 0.4) is 0 Å². The second-order valence-electron chi connectivity index (χ2n) is 2.38. The molecule has 1 aromatic heterocycles. The van der Waals surface area contributed by atoms with Gasteiger partial charge in [0.2, 0.25) is 5.88 Å². The summed E-state index contributed by atoms with van der Waals surface area (Å²) in [5, 5.41) is 26.6. The molecule has 0 bridgehead atoms. The molecule has 68 valence electrons. The van der Waals surface area contributed by atoms with Crippen molar-refractivity contribution in [1.29, 1.82) is 0 Å². The summed E-state index contributed by atoms with van der Waals surface area (Å²) < 4.78 is 0. The Bertz CT molecular complexity index is 270. The molecule has 0 aromatic carbocycles. The van der Waals surface area contributed by atoms with Crippen molar-refractivity contribution in [2.75, 3.05) is 6.61 Å². The van der Waals surface area contributed by atoms with Crippen molar-refractivity contribution in [2.24, 2.45) is 0 Å². The molecule has 0 aliphatic rings. The summed E-state index contributed by atoms with van der Waals surface area (Å²) in [6, 6.07) is -0.452. The SMILES string of the molecule is Cc1nc(O)nc(O)c1CCO.[NaH]. The fourth-order valence-electron chi connectivity index (χ4n) is 0.971. The Hall–Kier alpha value is -0.360. The summed E-state index contributed by atoms with van der Waals surface area (Å²) in [6.45, 7) is 1.55. The van der Waals surface area contributed by atoms with Crippen LogP contribution in [-0.2, 0) is 6.42 Å². The Morgan fingerprint density at radius 2 is 1.85 bits per heavy atom. The maximum absolute atomic E-state index is 9.18. The van der Waals surface area contributed by atoms with Crippen molar-refractivity contribution in [3.8, 4) is 11.9 Å². The number of hydrogen-bond acceptors (Lipinski definition) is 5. The van der Waals surface area contributed by atoms with Gasteiger partial charge >= 0.3 is 35.6 Å². The first-order chi connectivity index (χ1) is 5.65. The van der Waals surface area contributed by atoms with Gasteiger partial charge < -0.3 is 15.3 Å². The molecule has 0 amide bonds. The molecule has 0 atom stereocenters. The molecule has 1 heterocycles. The van der Waals surface area contributed by atoms with E-state index in [4.69, 9.17) is 10.2 Å². The van der Waals surface area contributed by atoms with E-state index in [1.165, 1.54) is 0 Å². The minimum absolute atomic E-state index is 0. The van der Waals surface area contributed by atoms with Gasteiger partial charge in [0.1, 0.15) is 0 Å². The number of aryl methyl sites for hydroxylation is 1. The Morgan fingerprint density at radius 3 is 2.31 bits per heavy atom. The van der Waals surface area contributed by atoms with Crippen LogP contribution in [-0.4, -0.2) is 61.5 Å². The van der Waals surface area contributed by atoms with Gasteiger partial charge in [0.25, 0.3) is 0 Å². The van der Waals surface area contributed by atoms with E-state index in [0.29, 0.717) is 11.3 Å². The van der Waals surface area contributed by atoms with Crippen LogP contribution < -0.4 is 0 Å². The number of hydrogen-bond donors (Lipinski definition) is 3. The van der Waals surface area contributed by atoms with Gasteiger partial charge in [0.05, 0.1) is 5.69 Å². The first-order valence-corrected chi connectivity index (χ1v) is 3.51. The van der Waals surface area contributed by atoms with Crippen molar-refractivity contribution in [3.05, 3.63) is 11.3 Å². The van der Waals surface area contributed by atoms with Crippen LogP contribution in [0.5, 0.6) is 11.9 Å². The Labute approximate surface area is 97.8 Å². The number of aromatic nitrogens is 2. The zero-order valence-corrected chi connectivity index (χ0v) is 6.65. The predicted octanol–water partition coefficient (Wildman–Crippen LogP) is -0.917. The average Bonchev–Trinajstić information content (AvgIpc) is 1.96. The van der Waals surface area contributed by atoms with E-state index in [9.17, 15) is 5.11 Å². The summed E-state index contributed by atoms with van der Waals surface area (Å²) in [5.74, 6) is -0.269. The van der Waals surface area contributed by atoms with Crippen LogP contribution in [0, 0.1) is 6.92 Å². The number of aliphatic hydroxyl groups is 1. The second-order valence-corrected chi connectivity index (χ2v) is 2.38. The van der Waals surface area contributed by atoms with Crippen LogP contribution in [0.15, 0.2) is 0 Å². The molecule has 0 aliphatic carbocycles. The van der Waals surface area contributed by atoms with E-state index in [1.54, 1.807) is 6.92 Å². The minimum atomic E-state index is -0.452. The summed E-state index contributed by atoms with van der Waals surface area (Å²) in [6.07, 6.45) is 0.290. The monoisotopic (exact) mass is 194 g/mol. The van der Waals surface area contributed by atoms with Crippen LogP contribution in [0.4, 0.5) is 0 Å². The van der Waals surface area contributed by atoms with E-state index in [0.717, 1.165) is 0 Å². The normalized spacial score (nSPS) is 9.38. The summed E-state index contributed by atoms with van der Waals surface area (Å²) >= 11 is 0. The van der Waals surface area contributed by atoms with Crippen LogP contribution >= 0.6 is 0 Å². The first kappa shape index (κ1) is 12.6. The van der Waals surface area contributed by atoms with E-state index < -0.39 is 6.01 Å². The van der Waals surface area contributed by atoms with E-state index >= 15 is 0 Å². The van der Waals surface area contributed by atoms with Gasteiger partial charge in [-0.3, -0.25) is 0 Å². The number of aliphatic hydroxyl groups excluding tert-OH is 1. The molecule has 1 rings (SSSR count). The van der Waals surface area contributed by atoms with Crippen molar-refractivity contribution in [2.45, 2.75) is 13.3 Å². The van der Waals surface area contributed by atoms with Gasteiger partial charge in [-0.25, -0.2) is 4.98 Å². The molecule has 0 unspecified atom stereocenters. The van der Waals surface area contributed by atoms with Crippen molar-refractivity contribution in [1.82, 2.24) is 9.97 Å². The van der Waals surface area contributed by atoms with E-state index in [-0.39, 0.29) is 48.5 Å². The fraction of sp³-hybridized carbons (Fsp3) is 0.429. The number of nitrogens with zero attached hydrogens (tertiary/aromatic N) is 2. The van der Waals surface area contributed by atoms with Crippen LogP contribution in [0.25, 0.3) is 0 Å². The molecular weight excluding hydrogens is 183 g/mol. The Morgan fingerprint density at radius 1 is 1.23 bits per heavy atom. The third-order valence-electron chi connectivity index (χ3n) is 1.54. The molecule has 0 radical (unpaired) electrons. The second kappa shape index (κ2) is 5.39. The molecule has 5 nitrogen and oxygen atoms in total. The Balaban J connectivity index is 0.00000144. The maximum atomic E-state index is 9.18. The molecule has 0 saturated heterocycles. The average molecular weight is 194 g/mol. The zero-order valence-electron chi connectivity index (χ0n) is 6.65. The van der Waals surface area contributed by atoms with Gasteiger partial charge in [-0.1, -0.05) is 0 Å². The molecular formula is C7H11N2NaO3. The molecule has 13 heavy (non-hydrogen) atoms. The summed E-state index contributed by atoms with van der Waals surface area (Å²) in [4.78, 5) is 6.97. The molecule has 3 N–H and O–H groups in total. The van der Waals surface area contributed by atoms with E-state index in [1.807, 2.05) is 0 Å². The molecule has 0 fully saturated rings. The van der Waals surface area contributed by atoms with Gasteiger partial charge in [-0.05, 0) is 6.92 Å². The predicted molar refractivity (Wildman–Crippen MR) is 48.0 cm³/mol. The molecule has 6 heteroatoms. The third kappa shape index (κ3) is 3.11. The van der Waals surface area contributed by atoms with Gasteiger partial charge in [-0.2, -0.15) is 4.98 Å².